The molecule has 0 unspecified atom stereocenters. The van der Waals surface area contributed by atoms with Gasteiger partial charge in [0.15, 0.2) is 11.6 Å². The first-order valence-corrected chi connectivity index (χ1v) is 7.23. The summed E-state index contributed by atoms with van der Waals surface area (Å²) in [6.45, 7) is 5.16. The lowest BCUT2D eigenvalue weighted by molar-refractivity contribution is 0.0516. The molecule has 0 bridgehead atoms. The first-order chi connectivity index (χ1) is 11.0. The molecule has 0 amide bonds. The molecule has 1 saturated carbocycles. The Kier molecular flexibility index (Phi) is 3.71. The third-order valence-corrected chi connectivity index (χ3v) is 3.72. The fraction of sp³-hybridized carbons (Fsp3) is 0.312. The van der Waals surface area contributed by atoms with Crippen molar-refractivity contribution in [1.29, 1.82) is 0 Å². The van der Waals surface area contributed by atoms with Crippen LogP contribution in [-0.2, 0) is 4.74 Å². The number of carbonyl (C=O) groups is 1. The smallest absolute Gasteiger partial charge is 0.362 e. The molecule has 7 heteroatoms. The van der Waals surface area contributed by atoms with Gasteiger partial charge in [0.05, 0.1) is 24.0 Å². The molecule has 0 saturated heterocycles. The number of esters is 1. The fourth-order valence-corrected chi connectivity index (χ4v) is 2.51. The summed E-state index contributed by atoms with van der Waals surface area (Å²) in [7, 11) is 0. The fourth-order valence-electron chi connectivity index (χ4n) is 2.51. The van der Waals surface area contributed by atoms with E-state index in [9.17, 15) is 18.4 Å². The molecule has 1 aliphatic rings. The molecule has 0 aliphatic heterocycles. The van der Waals surface area contributed by atoms with Gasteiger partial charge in [-0.15, -0.1) is 0 Å². The minimum atomic E-state index is -1.20. The van der Waals surface area contributed by atoms with Gasteiger partial charge in [0.1, 0.15) is 0 Å². The lowest BCUT2D eigenvalue weighted by Gasteiger charge is -2.12. The van der Waals surface area contributed by atoms with E-state index in [2.05, 4.69) is 11.6 Å². The summed E-state index contributed by atoms with van der Waals surface area (Å²) in [6, 6.07) is 0. The largest absolute Gasteiger partial charge is 0.461 e. The van der Waals surface area contributed by atoms with Gasteiger partial charge in [-0.2, -0.15) is 0 Å². The molecule has 2 heterocycles. The zero-order chi connectivity index (χ0) is 16.7. The maximum absolute atomic E-state index is 14.0. The minimum Gasteiger partial charge on any atom is -0.461 e. The molecule has 0 spiro atoms. The Morgan fingerprint density at radius 1 is 1.52 bits per heavy atom. The quantitative estimate of drug-likeness (QED) is 0.813. The Labute approximate surface area is 130 Å². The van der Waals surface area contributed by atoms with Crippen LogP contribution in [0.4, 0.5) is 8.78 Å². The van der Waals surface area contributed by atoms with Crippen LogP contribution in [0, 0.1) is 11.6 Å². The Morgan fingerprint density at radius 2 is 2.22 bits per heavy atom. The number of nitrogens with zero attached hydrogens (tertiary/aromatic N) is 2. The summed E-state index contributed by atoms with van der Waals surface area (Å²) in [4.78, 5) is 28.5. The summed E-state index contributed by atoms with van der Waals surface area (Å²) >= 11 is 0. The maximum Gasteiger partial charge on any atom is 0.362 e. The van der Waals surface area contributed by atoms with Crippen molar-refractivity contribution in [3.8, 4) is 0 Å². The van der Waals surface area contributed by atoms with Gasteiger partial charge in [-0.25, -0.2) is 18.6 Å². The van der Waals surface area contributed by atoms with E-state index >= 15 is 0 Å². The SMILES string of the molecule is C=Cc1c(F)c(F)cn2c(=O)c(C(=O)OCC)nc(C3CC3)c12. The third-order valence-electron chi connectivity index (χ3n) is 3.72. The predicted molar refractivity (Wildman–Crippen MR) is 79.4 cm³/mol. The highest BCUT2D eigenvalue weighted by molar-refractivity contribution is 5.88. The summed E-state index contributed by atoms with van der Waals surface area (Å²) in [5.41, 5.74) is -0.857. The van der Waals surface area contributed by atoms with Gasteiger partial charge in [-0.1, -0.05) is 12.7 Å². The summed E-state index contributed by atoms with van der Waals surface area (Å²) < 4.78 is 33.6. The summed E-state index contributed by atoms with van der Waals surface area (Å²) in [5.74, 6) is -3.16. The van der Waals surface area contributed by atoms with Crippen LogP contribution in [0.15, 0.2) is 17.6 Å². The Hall–Kier alpha value is -2.57. The minimum absolute atomic E-state index is 0.00216. The number of carbonyl (C=O) groups excluding carboxylic acids is 1. The number of aromatic nitrogens is 2. The van der Waals surface area contributed by atoms with Crippen molar-refractivity contribution in [1.82, 2.24) is 9.38 Å². The number of ether oxygens (including phenoxy) is 1. The van der Waals surface area contributed by atoms with Gasteiger partial charge < -0.3 is 4.74 Å². The molecule has 5 nitrogen and oxygen atoms in total. The molecule has 23 heavy (non-hydrogen) atoms. The van der Waals surface area contributed by atoms with Crippen LogP contribution >= 0.6 is 0 Å². The second-order valence-corrected chi connectivity index (χ2v) is 5.27. The van der Waals surface area contributed by atoms with Crippen LogP contribution < -0.4 is 5.56 Å². The van der Waals surface area contributed by atoms with Crippen molar-refractivity contribution in [2.45, 2.75) is 25.7 Å². The van der Waals surface area contributed by atoms with E-state index < -0.39 is 28.9 Å². The van der Waals surface area contributed by atoms with Crippen LogP contribution in [0.2, 0.25) is 0 Å². The highest BCUT2D eigenvalue weighted by Crippen LogP contribution is 2.41. The van der Waals surface area contributed by atoms with Gasteiger partial charge in [0, 0.05) is 11.5 Å². The molecular formula is C16H14F2N2O3. The molecule has 120 valence electrons. The highest BCUT2D eigenvalue weighted by Gasteiger charge is 2.32. The number of pyridine rings is 1. The molecule has 2 aromatic rings. The van der Waals surface area contributed by atoms with Crippen molar-refractivity contribution in [3.05, 3.63) is 51.7 Å². The molecule has 3 rings (SSSR count). The predicted octanol–water partition coefficient (Wildman–Crippen LogP) is 2.67. The van der Waals surface area contributed by atoms with Crippen molar-refractivity contribution in [3.63, 3.8) is 0 Å². The van der Waals surface area contributed by atoms with Gasteiger partial charge in [0.2, 0.25) is 5.69 Å². The van der Waals surface area contributed by atoms with Gasteiger partial charge in [0.25, 0.3) is 5.56 Å². The average Bonchev–Trinajstić information content (AvgIpc) is 3.35. The van der Waals surface area contributed by atoms with Crippen LogP contribution in [0.1, 0.15) is 47.4 Å². The number of rotatable bonds is 4. The molecule has 0 radical (unpaired) electrons. The second-order valence-electron chi connectivity index (χ2n) is 5.27. The normalized spacial score (nSPS) is 14.0. The van der Waals surface area contributed by atoms with Gasteiger partial charge in [-0.3, -0.25) is 9.20 Å². The van der Waals surface area contributed by atoms with Crippen LogP contribution in [0.25, 0.3) is 11.6 Å². The molecule has 0 N–H and O–H groups in total. The van der Waals surface area contributed by atoms with Crippen molar-refractivity contribution < 1.29 is 18.3 Å². The average molecular weight is 320 g/mol. The number of hydrogen-bond donors (Lipinski definition) is 0. The topological polar surface area (TPSA) is 60.7 Å². The standard InChI is InChI=1S/C16H14F2N2O3/c1-3-9-11(18)10(17)7-20-14(9)12(8-5-6-8)19-13(15(20)21)16(22)23-4-2/h3,7-8H,1,4-6H2,2H3. The van der Waals surface area contributed by atoms with E-state index in [-0.39, 0.29) is 23.6 Å². The Morgan fingerprint density at radius 3 is 2.78 bits per heavy atom. The number of hydrogen-bond acceptors (Lipinski definition) is 4. The van der Waals surface area contributed by atoms with E-state index in [1.54, 1.807) is 6.92 Å². The van der Waals surface area contributed by atoms with E-state index in [1.165, 1.54) is 0 Å². The van der Waals surface area contributed by atoms with Crippen molar-refractivity contribution >= 4 is 17.6 Å². The van der Waals surface area contributed by atoms with Crippen molar-refractivity contribution in [2.75, 3.05) is 6.61 Å². The molecular weight excluding hydrogens is 306 g/mol. The van der Waals surface area contributed by atoms with Crippen LogP contribution in [-0.4, -0.2) is 22.0 Å². The Bertz CT molecular complexity index is 885. The molecule has 2 aromatic heterocycles. The molecule has 1 aliphatic carbocycles. The first-order valence-electron chi connectivity index (χ1n) is 7.23. The van der Waals surface area contributed by atoms with E-state index in [0.717, 1.165) is 29.5 Å². The first kappa shape index (κ1) is 15.3. The lowest BCUT2D eigenvalue weighted by atomic mass is 10.1. The summed E-state index contributed by atoms with van der Waals surface area (Å²) in [5, 5.41) is 0. The second kappa shape index (κ2) is 5.57. The highest BCUT2D eigenvalue weighted by atomic mass is 19.2. The monoisotopic (exact) mass is 320 g/mol. The molecule has 0 aromatic carbocycles. The van der Waals surface area contributed by atoms with E-state index in [0.29, 0.717) is 5.69 Å². The van der Waals surface area contributed by atoms with Gasteiger partial charge >= 0.3 is 5.97 Å². The Balaban J connectivity index is 2.42. The van der Waals surface area contributed by atoms with Crippen LogP contribution in [0.3, 0.4) is 0 Å². The van der Waals surface area contributed by atoms with Crippen molar-refractivity contribution in [2.24, 2.45) is 0 Å². The third kappa shape index (κ3) is 2.42. The maximum atomic E-state index is 14.0. The molecule has 0 atom stereocenters. The summed E-state index contributed by atoms with van der Waals surface area (Å²) in [6.07, 6.45) is 3.48. The molecule has 1 fully saturated rings. The van der Waals surface area contributed by atoms with Gasteiger partial charge in [-0.05, 0) is 19.8 Å². The van der Waals surface area contributed by atoms with E-state index in [4.69, 9.17) is 4.74 Å². The zero-order valence-corrected chi connectivity index (χ0v) is 12.4. The number of halogens is 2. The lowest BCUT2D eigenvalue weighted by Crippen LogP contribution is -2.28. The van der Waals surface area contributed by atoms with Crippen LogP contribution in [0.5, 0.6) is 0 Å². The number of fused-ring (bicyclic) bond motifs is 1. The van der Waals surface area contributed by atoms with E-state index in [1.807, 2.05) is 0 Å². The zero-order valence-electron chi connectivity index (χ0n) is 12.4.